The number of nitrogens with zero attached hydrogens (tertiary/aromatic N) is 1. The summed E-state index contributed by atoms with van der Waals surface area (Å²) in [4.78, 5) is 24.9. The lowest BCUT2D eigenvalue weighted by Crippen LogP contribution is -2.40. The Hall–Kier alpha value is -1.78. The van der Waals surface area contributed by atoms with Gasteiger partial charge in [0, 0.05) is 18.7 Å². The summed E-state index contributed by atoms with van der Waals surface area (Å²) in [6, 6.07) is 1.73. The summed E-state index contributed by atoms with van der Waals surface area (Å²) in [6.07, 6.45) is 1.47. The maximum absolute atomic E-state index is 12.0. The third-order valence-corrected chi connectivity index (χ3v) is 2.43. The van der Waals surface area contributed by atoms with Gasteiger partial charge in [-0.2, -0.15) is 0 Å². The van der Waals surface area contributed by atoms with Crippen LogP contribution in [0.4, 0.5) is 0 Å². The summed E-state index contributed by atoms with van der Waals surface area (Å²) >= 11 is 0. The van der Waals surface area contributed by atoms with E-state index in [9.17, 15) is 9.59 Å². The standard InChI is InChI=1S/C12H18N2O3/c1-4-13-10(15)8-14(5-2)12(16)11-9(3)6-7-17-11/h6-7H,4-5,8H2,1-3H3,(H,13,15). The van der Waals surface area contributed by atoms with Crippen LogP contribution in [0.1, 0.15) is 30.0 Å². The number of rotatable bonds is 5. The fourth-order valence-electron chi connectivity index (χ4n) is 1.49. The molecule has 1 aromatic heterocycles. The Labute approximate surface area is 101 Å². The molecule has 0 aromatic carbocycles. The topological polar surface area (TPSA) is 62.6 Å². The molecule has 0 aliphatic carbocycles. The molecule has 0 aliphatic rings. The SMILES string of the molecule is CCNC(=O)CN(CC)C(=O)c1occc1C. The number of aryl methyl sites for hydroxylation is 1. The molecule has 0 aliphatic heterocycles. The number of hydrogen-bond acceptors (Lipinski definition) is 3. The predicted molar refractivity (Wildman–Crippen MR) is 63.7 cm³/mol. The predicted octanol–water partition coefficient (Wildman–Crippen LogP) is 1.19. The van der Waals surface area contributed by atoms with E-state index in [0.717, 1.165) is 5.56 Å². The summed E-state index contributed by atoms with van der Waals surface area (Å²) in [5.74, 6) is -0.107. The first-order valence-corrected chi connectivity index (χ1v) is 5.70. The maximum atomic E-state index is 12.0. The van der Waals surface area contributed by atoms with Crippen molar-refractivity contribution in [1.29, 1.82) is 0 Å². The molecule has 5 heteroatoms. The molecule has 0 bridgehead atoms. The van der Waals surface area contributed by atoms with Crippen LogP contribution >= 0.6 is 0 Å². The van der Waals surface area contributed by atoms with E-state index in [-0.39, 0.29) is 18.4 Å². The number of amides is 2. The lowest BCUT2D eigenvalue weighted by Gasteiger charge is -2.19. The molecule has 0 spiro atoms. The zero-order valence-electron chi connectivity index (χ0n) is 10.4. The van der Waals surface area contributed by atoms with Crippen molar-refractivity contribution in [3.63, 3.8) is 0 Å². The third-order valence-electron chi connectivity index (χ3n) is 2.43. The highest BCUT2D eigenvalue weighted by molar-refractivity contribution is 5.95. The molecule has 1 rings (SSSR count). The first-order valence-electron chi connectivity index (χ1n) is 5.70. The highest BCUT2D eigenvalue weighted by Crippen LogP contribution is 2.11. The van der Waals surface area contributed by atoms with Gasteiger partial charge in [0.25, 0.3) is 5.91 Å². The molecular weight excluding hydrogens is 220 g/mol. The Morgan fingerprint density at radius 2 is 2.12 bits per heavy atom. The lowest BCUT2D eigenvalue weighted by molar-refractivity contribution is -0.121. The molecule has 0 saturated heterocycles. The Morgan fingerprint density at radius 3 is 2.59 bits per heavy atom. The largest absolute Gasteiger partial charge is 0.459 e. The Morgan fingerprint density at radius 1 is 1.41 bits per heavy atom. The number of likely N-dealkylation sites (N-methyl/N-ethyl adjacent to an activating group) is 2. The van der Waals surface area contributed by atoms with Crippen LogP contribution in [0.3, 0.4) is 0 Å². The van der Waals surface area contributed by atoms with Gasteiger partial charge in [-0.05, 0) is 26.8 Å². The summed E-state index contributed by atoms with van der Waals surface area (Å²) in [7, 11) is 0. The van der Waals surface area contributed by atoms with E-state index >= 15 is 0 Å². The summed E-state index contributed by atoms with van der Waals surface area (Å²) in [5, 5.41) is 2.66. The van der Waals surface area contributed by atoms with Crippen molar-refractivity contribution in [1.82, 2.24) is 10.2 Å². The van der Waals surface area contributed by atoms with E-state index in [0.29, 0.717) is 18.8 Å². The molecule has 2 amide bonds. The minimum atomic E-state index is -0.249. The van der Waals surface area contributed by atoms with E-state index in [4.69, 9.17) is 4.42 Å². The van der Waals surface area contributed by atoms with Gasteiger partial charge in [-0.15, -0.1) is 0 Å². The smallest absolute Gasteiger partial charge is 0.290 e. The Balaban J connectivity index is 2.71. The zero-order chi connectivity index (χ0) is 12.8. The summed E-state index contributed by atoms with van der Waals surface area (Å²) in [6.45, 7) is 6.56. The molecule has 1 heterocycles. The van der Waals surface area contributed by atoms with Crippen molar-refractivity contribution in [2.24, 2.45) is 0 Å². The van der Waals surface area contributed by atoms with Crippen LogP contribution in [0.15, 0.2) is 16.7 Å². The number of carbonyl (C=O) groups excluding carboxylic acids is 2. The normalized spacial score (nSPS) is 10.1. The molecule has 0 fully saturated rings. The highest BCUT2D eigenvalue weighted by atomic mass is 16.3. The second-order valence-corrected chi connectivity index (χ2v) is 3.71. The molecule has 5 nitrogen and oxygen atoms in total. The molecule has 0 unspecified atom stereocenters. The molecule has 0 atom stereocenters. The molecule has 94 valence electrons. The molecule has 17 heavy (non-hydrogen) atoms. The van der Waals surface area contributed by atoms with E-state index in [2.05, 4.69) is 5.32 Å². The van der Waals surface area contributed by atoms with Crippen LogP contribution in [-0.4, -0.2) is 36.3 Å². The van der Waals surface area contributed by atoms with Gasteiger partial charge >= 0.3 is 0 Å². The van der Waals surface area contributed by atoms with Crippen molar-refractivity contribution >= 4 is 11.8 Å². The quantitative estimate of drug-likeness (QED) is 0.838. The van der Waals surface area contributed by atoms with E-state index in [1.165, 1.54) is 11.2 Å². The second kappa shape index (κ2) is 6.08. The van der Waals surface area contributed by atoms with Gasteiger partial charge in [-0.25, -0.2) is 0 Å². The van der Waals surface area contributed by atoms with Crippen LogP contribution in [0.25, 0.3) is 0 Å². The van der Waals surface area contributed by atoms with Gasteiger partial charge in [0.05, 0.1) is 12.8 Å². The van der Waals surface area contributed by atoms with Crippen molar-refractivity contribution in [3.8, 4) is 0 Å². The van der Waals surface area contributed by atoms with Gasteiger partial charge < -0.3 is 14.6 Å². The first-order chi connectivity index (χ1) is 8.10. The van der Waals surface area contributed by atoms with Crippen LogP contribution in [0.2, 0.25) is 0 Å². The highest BCUT2D eigenvalue weighted by Gasteiger charge is 2.21. The zero-order valence-corrected chi connectivity index (χ0v) is 10.4. The fraction of sp³-hybridized carbons (Fsp3) is 0.500. The fourth-order valence-corrected chi connectivity index (χ4v) is 1.49. The number of nitrogens with one attached hydrogen (secondary N) is 1. The van der Waals surface area contributed by atoms with Gasteiger partial charge in [-0.3, -0.25) is 9.59 Å². The maximum Gasteiger partial charge on any atom is 0.290 e. The number of carbonyl (C=O) groups is 2. The van der Waals surface area contributed by atoms with Crippen LogP contribution in [0.5, 0.6) is 0 Å². The average molecular weight is 238 g/mol. The molecule has 0 saturated carbocycles. The van der Waals surface area contributed by atoms with E-state index < -0.39 is 0 Å². The summed E-state index contributed by atoms with van der Waals surface area (Å²) < 4.78 is 5.13. The third kappa shape index (κ3) is 3.34. The van der Waals surface area contributed by atoms with Crippen molar-refractivity contribution in [3.05, 3.63) is 23.7 Å². The van der Waals surface area contributed by atoms with E-state index in [1.807, 2.05) is 13.8 Å². The molecular formula is C12H18N2O3. The van der Waals surface area contributed by atoms with Gasteiger partial charge in [0.1, 0.15) is 0 Å². The molecule has 0 radical (unpaired) electrons. The Bertz CT molecular complexity index is 398. The van der Waals surface area contributed by atoms with Crippen molar-refractivity contribution in [2.45, 2.75) is 20.8 Å². The van der Waals surface area contributed by atoms with Crippen LogP contribution in [-0.2, 0) is 4.79 Å². The molecule has 1 aromatic rings. The first kappa shape index (κ1) is 13.3. The molecule has 1 N–H and O–H groups in total. The van der Waals surface area contributed by atoms with E-state index in [1.54, 1.807) is 13.0 Å². The van der Waals surface area contributed by atoms with Crippen LogP contribution in [0, 0.1) is 6.92 Å². The van der Waals surface area contributed by atoms with Crippen LogP contribution < -0.4 is 5.32 Å². The van der Waals surface area contributed by atoms with Gasteiger partial charge in [-0.1, -0.05) is 0 Å². The minimum absolute atomic E-state index is 0.0588. The number of furan rings is 1. The minimum Gasteiger partial charge on any atom is -0.459 e. The van der Waals surface area contributed by atoms with Crippen molar-refractivity contribution < 1.29 is 14.0 Å². The number of hydrogen-bond donors (Lipinski definition) is 1. The monoisotopic (exact) mass is 238 g/mol. The van der Waals surface area contributed by atoms with Gasteiger partial charge in [0.15, 0.2) is 5.76 Å². The average Bonchev–Trinajstić information content (AvgIpc) is 2.72. The Kier molecular flexibility index (Phi) is 4.75. The van der Waals surface area contributed by atoms with Crippen molar-refractivity contribution in [2.75, 3.05) is 19.6 Å². The van der Waals surface area contributed by atoms with Gasteiger partial charge in [0.2, 0.25) is 5.91 Å². The summed E-state index contributed by atoms with van der Waals surface area (Å²) in [5.41, 5.74) is 0.782. The lowest BCUT2D eigenvalue weighted by atomic mass is 10.2. The second-order valence-electron chi connectivity index (χ2n) is 3.71.